The van der Waals surface area contributed by atoms with Gasteiger partial charge in [-0.25, -0.2) is 4.98 Å². The molecule has 17 heavy (non-hydrogen) atoms. The topological polar surface area (TPSA) is 72.4 Å². The lowest BCUT2D eigenvalue weighted by Crippen LogP contribution is -2.38. The number of thiocarbonyl (C=S) groups is 1. The maximum Gasteiger partial charge on any atom is 0.291 e. The van der Waals surface area contributed by atoms with Crippen molar-refractivity contribution in [2.45, 2.75) is 20.8 Å². The van der Waals surface area contributed by atoms with Gasteiger partial charge < -0.3 is 15.1 Å². The Labute approximate surface area is 106 Å². The summed E-state index contributed by atoms with van der Waals surface area (Å²) in [5.74, 6) is 0.0877. The van der Waals surface area contributed by atoms with Gasteiger partial charge in [0.05, 0.1) is 10.7 Å². The lowest BCUT2D eigenvalue weighted by Gasteiger charge is -2.23. The minimum Gasteiger partial charge on any atom is -0.438 e. The van der Waals surface area contributed by atoms with Gasteiger partial charge in [0.1, 0.15) is 0 Å². The third-order valence-electron chi connectivity index (χ3n) is 2.59. The Morgan fingerprint density at radius 2 is 2.35 bits per heavy atom. The lowest BCUT2D eigenvalue weighted by atomic mass is 10.1. The lowest BCUT2D eigenvalue weighted by molar-refractivity contribution is 0.0722. The Morgan fingerprint density at radius 1 is 1.71 bits per heavy atom. The molecule has 0 saturated carbocycles. The van der Waals surface area contributed by atoms with E-state index in [0.29, 0.717) is 23.8 Å². The number of oxazole rings is 1. The second kappa shape index (κ2) is 5.77. The maximum atomic E-state index is 12.1. The van der Waals surface area contributed by atoms with E-state index in [-0.39, 0.29) is 17.6 Å². The molecule has 0 aromatic carbocycles. The van der Waals surface area contributed by atoms with Crippen LogP contribution in [0.3, 0.4) is 0 Å². The van der Waals surface area contributed by atoms with Crippen molar-refractivity contribution in [3.63, 3.8) is 0 Å². The largest absolute Gasteiger partial charge is 0.438 e. The molecule has 0 aliphatic carbocycles. The van der Waals surface area contributed by atoms with Crippen LogP contribution in [0.2, 0.25) is 0 Å². The predicted molar refractivity (Wildman–Crippen MR) is 68.8 cm³/mol. The molecular formula is C11H17N3O2S. The Balaban J connectivity index is 2.78. The smallest absolute Gasteiger partial charge is 0.291 e. The molecule has 0 fully saturated rings. The van der Waals surface area contributed by atoms with Gasteiger partial charge in [-0.15, -0.1) is 0 Å². The molecule has 94 valence electrons. The van der Waals surface area contributed by atoms with E-state index in [1.807, 2.05) is 13.8 Å². The summed E-state index contributed by atoms with van der Waals surface area (Å²) in [6, 6.07) is 0. The second-order valence-electron chi connectivity index (χ2n) is 3.91. The summed E-state index contributed by atoms with van der Waals surface area (Å²) >= 11 is 4.90. The highest BCUT2D eigenvalue weighted by molar-refractivity contribution is 7.80. The van der Waals surface area contributed by atoms with Crippen molar-refractivity contribution in [1.29, 1.82) is 0 Å². The van der Waals surface area contributed by atoms with Crippen LogP contribution < -0.4 is 5.73 Å². The van der Waals surface area contributed by atoms with Crippen LogP contribution in [-0.4, -0.2) is 33.9 Å². The zero-order chi connectivity index (χ0) is 13.0. The van der Waals surface area contributed by atoms with Crippen LogP contribution in [0.25, 0.3) is 0 Å². The summed E-state index contributed by atoms with van der Waals surface area (Å²) in [6.45, 7) is 6.60. The molecule has 1 aromatic rings. The average Bonchev–Trinajstić information content (AvgIpc) is 2.70. The van der Waals surface area contributed by atoms with Crippen molar-refractivity contribution < 1.29 is 9.21 Å². The number of amides is 1. The number of aromatic nitrogens is 1. The van der Waals surface area contributed by atoms with Gasteiger partial charge in [-0.2, -0.15) is 0 Å². The number of carbonyl (C=O) groups is 1. The second-order valence-corrected chi connectivity index (χ2v) is 4.39. The predicted octanol–water partition coefficient (Wildman–Crippen LogP) is 1.37. The Morgan fingerprint density at radius 3 is 2.76 bits per heavy atom. The van der Waals surface area contributed by atoms with Crippen molar-refractivity contribution in [2.75, 3.05) is 13.1 Å². The Hall–Kier alpha value is -1.43. The molecule has 0 saturated heterocycles. The van der Waals surface area contributed by atoms with Gasteiger partial charge in [0.2, 0.25) is 5.76 Å². The molecule has 1 aromatic heterocycles. The highest BCUT2D eigenvalue weighted by Gasteiger charge is 2.22. The van der Waals surface area contributed by atoms with E-state index in [1.165, 1.54) is 6.39 Å². The molecule has 1 heterocycles. The maximum absolute atomic E-state index is 12.1. The summed E-state index contributed by atoms with van der Waals surface area (Å²) in [6.07, 6.45) is 1.27. The highest BCUT2D eigenvalue weighted by Crippen LogP contribution is 2.11. The molecule has 0 radical (unpaired) electrons. The summed E-state index contributed by atoms with van der Waals surface area (Å²) in [7, 11) is 0. The molecule has 0 aliphatic rings. The summed E-state index contributed by atoms with van der Waals surface area (Å²) in [5.41, 5.74) is 6.14. The number of nitrogens with zero attached hydrogens (tertiary/aromatic N) is 2. The molecule has 1 amide bonds. The first-order valence-corrected chi connectivity index (χ1v) is 5.86. The SMILES string of the molecule is CCN(CC(C)C(N)=S)C(=O)c1ocnc1C. The first kappa shape index (κ1) is 13.6. The first-order chi connectivity index (χ1) is 7.97. The molecule has 0 bridgehead atoms. The standard InChI is InChI=1S/C11H17N3O2S/c1-4-14(5-7(2)10(12)17)11(15)9-8(3)13-6-16-9/h6-7H,4-5H2,1-3H3,(H2,12,17). The van der Waals surface area contributed by atoms with Gasteiger partial charge in [0.25, 0.3) is 5.91 Å². The zero-order valence-electron chi connectivity index (χ0n) is 10.3. The molecule has 1 atom stereocenters. The fourth-order valence-corrected chi connectivity index (χ4v) is 1.50. The fraction of sp³-hybridized carbons (Fsp3) is 0.545. The molecule has 6 heteroatoms. The fourth-order valence-electron chi connectivity index (χ4n) is 1.43. The van der Waals surface area contributed by atoms with E-state index < -0.39 is 0 Å². The summed E-state index contributed by atoms with van der Waals surface area (Å²) in [4.78, 5) is 18.1. The van der Waals surface area contributed by atoms with Gasteiger partial charge in [0, 0.05) is 19.0 Å². The number of hydrogen-bond donors (Lipinski definition) is 1. The van der Waals surface area contributed by atoms with E-state index in [9.17, 15) is 4.79 Å². The zero-order valence-corrected chi connectivity index (χ0v) is 11.1. The van der Waals surface area contributed by atoms with E-state index in [1.54, 1.807) is 11.8 Å². The number of rotatable bonds is 5. The molecule has 1 unspecified atom stereocenters. The van der Waals surface area contributed by atoms with Crippen molar-refractivity contribution in [3.05, 3.63) is 17.8 Å². The summed E-state index contributed by atoms with van der Waals surface area (Å²) < 4.78 is 5.08. The van der Waals surface area contributed by atoms with Crippen LogP contribution in [0, 0.1) is 12.8 Å². The van der Waals surface area contributed by atoms with Gasteiger partial charge >= 0.3 is 0 Å². The van der Waals surface area contributed by atoms with Gasteiger partial charge in [-0.1, -0.05) is 19.1 Å². The van der Waals surface area contributed by atoms with Crippen molar-refractivity contribution in [1.82, 2.24) is 9.88 Å². The van der Waals surface area contributed by atoms with Crippen LogP contribution in [0.1, 0.15) is 30.1 Å². The van der Waals surface area contributed by atoms with E-state index in [4.69, 9.17) is 22.4 Å². The van der Waals surface area contributed by atoms with E-state index in [2.05, 4.69) is 4.98 Å². The molecule has 1 rings (SSSR count). The molecule has 0 spiro atoms. The number of hydrogen-bond acceptors (Lipinski definition) is 4. The quantitative estimate of drug-likeness (QED) is 0.804. The van der Waals surface area contributed by atoms with Crippen LogP contribution in [-0.2, 0) is 0 Å². The van der Waals surface area contributed by atoms with Crippen LogP contribution in [0.4, 0.5) is 0 Å². The Kier molecular flexibility index (Phi) is 4.62. The molecular weight excluding hydrogens is 238 g/mol. The van der Waals surface area contributed by atoms with Crippen molar-refractivity contribution >= 4 is 23.1 Å². The van der Waals surface area contributed by atoms with E-state index >= 15 is 0 Å². The molecule has 2 N–H and O–H groups in total. The third kappa shape index (κ3) is 3.26. The number of aryl methyl sites for hydroxylation is 1. The molecule has 5 nitrogen and oxygen atoms in total. The minimum atomic E-state index is -0.175. The van der Waals surface area contributed by atoms with Crippen molar-refractivity contribution in [3.8, 4) is 0 Å². The van der Waals surface area contributed by atoms with Crippen molar-refractivity contribution in [2.24, 2.45) is 11.7 Å². The van der Waals surface area contributed by atoms with Gasteiger partial charge in [0.15, 0.2) is 6.39 Å². The van der Waals surface area contributed by atoms with Crippen LogP contribution >= 0.6 is 12.2 Å². The minimum absolute atomic E-state index is 0.0165. The molecule has 0 aliphatic heterocycles. The van der Waals surface area contributed by atoms with Gasteiger partial charge in [-0.05, 0) is 13.8 Å². The van der Waals surface area contributed by atoms with Crippen LogP contribution in [0.15, 0.2) is 10.8 Å². The Bertz CT molecular complexity index is 417. The summed E-state index contributed by atoms with van der Waals surface area (Å²) in [5, 5.41) is 0. The average molecular weight is 255 g/mol. The van der Waals surface area contributed by atoms with Gasteiger partial charge in [-0.3, -0.25) is 4.79 Å². The van der Waals surface area contributed by atoms with E-state index in [0.717, 1.165) is 0 Å². The van der Waals surface area contributed by atoms with Crippen LogP contribution in [0.5, 0.6) is 0 Å². The normalized spacial score (nSPS) is 12.2. The first-order valence-electron chi connectivity index (χ1n) is 5.46. The third-order valence-corrected chi connectivity index (χ3v) is 2.99. The number of carbonyl (C=O) groups excluding carboxylic acids is 1. The monoisotopic (exact) mass is 255 g/mol. The highest BCUT2D eigenvalue weighted by atomic mass is 32.1. The number of nitrogens with two attached hydrogens (primary N) is 1.